The normalized spacial score (nSPS) is 16.5. The van der Waals surface area contributed by atoms with Gasteiger partial charge < -0.3 is 15.2 Å². The fourth-order valence-corrected chi connectivity index (χ4v) is 4.17. The second-order valence-corrected chi connectivity index (χ2v) is 8.57. The molecule has 3 aromatic rings. The van der Waals surface area contributed by atoms with E-state index in [9.17, 15) is 9.90 Å². The molecule has 4 rings (SSSR count). The lowest BCUT2D eigenvalue weighted by atomic mass is 10.0. The highest BCUT2D eigenvalue weighted by molar-refractivity contribution is 6.35. The van der Waals surface area contributed by atoms with Gasteiger partial charge in [-0.25, -0.2) is 14.8 Å². The maximum Gasteiger partial charge on any atom is 0.341 e. The van der Waals surface area contributed by atoms with Gasteiger partial charge in [0.2, 0.25) is 0 Å². The second kappa shape index (κ2) is 10.5. The molecule has 1 aliphatic rings. The molecule has 1 unspecified atom stereocenters. The number of nitrogens with zero attached hydrogens (tertiary/aromatic N) is 3. The van der Waals surface area contributed by atoms with Gasteiger partial charge in [-0.05, 0) is 29.8 Å². The maximum absolute atomic E-state index is 11.7. The number of carboxylic acids is 1. The van der Waals surface area contributed by atoms with Crippen LogP contribution in [0.2, 0.25) is 10.0 Å². The van der Waals surface area contributed by atoms with Gasteiger partial charge in [0.05, 0.1) is 12.7 Å². The topological polar surface area (TPSA) is 87.6 Å². The third-order valence-electron chi connectivity index (χ3n) is 5.62. The molecule has 0 saturated carbocycles. The number of aromatic carboxylic acids is 1. The molecule has 7 nitrogen and oxygen atoms in total. The molecule has 0 spiro atoms. The highest BCUT2D eigenvalue weighted by atomic mass is 35.5. The van der Waals surface area contributed by atoms with Crippen LogP contribution in [0.25, 0.3) is 11.4 Å². The van der Waals surface area contributed by atoms with Gasteiger partial charge in [0.1, 0.15) is 11.4 Å². The van der Waals surface area contributed by atoms with Crippen LogP contribution in [0.1, 0.15) is 34.5 Å². The first-order chi connectivity index (χ1) is 15.9. The summed E-state index contributed by atoms with van der Waals surface area (Å²) in [6, 6.07) is 13.0. The predicted octanol–water partition coefficient (Wildman–Crippen LogP) is 5.15. The van der Waals surface area contributed by atoms with Crippen LogP contribution in [0.5, 0.6) is 0 Å². The number of benzene rings is 2. The van der Waals surface area contributed by atoms with Crippen LogP contribution in [-0.4, -0.2) is 52.2 Å². The van der Waals surface area contributed by atoms with Crippen LogP contribution >= 0.6 is 23.2 Å². The number of hydrogen-bond acceptors (Lipinski definition) is 6. The van der Waals surface area contributed by atoms with Crippen molar-refractivity contribution in [3.63, 3.8) is 0 Å². The van der Waals surface area contributed by atoms with Crippen LogP contribution in [0, 0.1) is 0 Å². The summed E-state index contributed by atoms with van der Waals surface area (Å²) in [7, 11) is 0. The van der Waals surface area contributed by atoms with Gasteiger partial charge in [-0.2, -0.15) is 0 Å². The molecule has 0 aliphatic carbocycles. The van der Waals surface area contributed by atoms with Crippen molar-refractivity contribution in [1.29, 1.82) is 0 Å². The van der Waals surface area contributed by atoms with E-state index >= 15 is 0 Å². The van der Waals surface area contributed by atoms with Gasteiger partial charge >= 0.3 is 5.97 Å². The van der Waals surface area contributed by atoms with Gasteiger partial charge in [-0.15, -0.1) is 0 Å². The minimum Gasteiger partial charge on any atom is -0.477 e. The predicted molar refractivity (Wildman–Crippen MR) is 129 cm³/mol. The van der Waals surface area contributed by atoms with Crippen LogP contribution in [0.15, 0.2) is 48.7 Å². The van der Waals surface area contributed by atoms with E-state index in [1.54, 1.807) is 18.2 Å². The van der Waals surface area contributed by atoms with Crippen molar-refractivity contribution in [3.05, 3.63) is 75.4 Å². The van der Waals surface area contributed by atoms with Crippen LogP contribution in [0.3, 0.4) is 0 Å². The van der Waals surface area contributed by atoms with E-state index in [-0.39, 0.29) is 17.5 Å². The summed E-state index contributed by atoms with van der Waals surface area (Å²) in [4.78, 5) is 22.8. The summed E-state index contributed by atoms with van der Waals surface area (Å²) in [5.41, 5.74) is 2.63. The SMILES string of the molecule is CCN1CCOC(c2ccc(-c3ncc(C(=O)O)c(NCc4ccc(Cl)cc4Cl)n3)cc2)C1. The summed E-state index contributed by atoms with van der Waals surface area (Å²) in [6.45, 7) is 5.97. The van der Waals surface area contributed by atoms with E-state index in [1.165, 1.54) is 6.20 Å². The number of aromatic nitrogens is 2. The number of halogens is 2. The molecule has 2 aromatic carbocycles. The summed E-state index contributed by atoms with van der Waals surface area (Å²) in [5, 5.41) is 13.6. The number of morpholine rings is 1. The van der Waals surface area contributed by atoms with Crippen molar-refractivity contribution in [3.8, 4) is 11.4 Å². The van der Waals surface area contributed by atoms with Gasteiger partial charge in [-0.3, -0.25) is 4.90 Å². The molecule has 2 heterocycles. The first-order valence-corrected chi connectivity index (χ1v) is 11.4. The molecular formula is C24H24Cl2N4O3. The molecule has 1 aliphatic heterocycles. The number of rotatable bonds is 7. The van der Waals surface area contributed by atoms with Crippen molar-refractivity contribution in [2.75, 3.05) is 31.6 Å². The zero-order valence-corrected chi connectivity index (χ0v) is 19.6. The fraction of sp³-hybridized carbons (Fsp3) is 0.292. The number of nitrogens with one attached hydrogen (secondary N) is 1. The van der Waals surface area contributed by atoms with Crippen molar-refractivity contribution < 1.29 is 14.6 Å². The Bertz CT molecular complexity index is 1140. The molecule has 2 N–H and O–H groups in total. The van der Waals surface area contributed by atoms with Crippen molar-refractivity contribution in [2.24, 2.45) is 0 Å². The molecule has 0 radical (unpaired) electrons. The third kappa shape index (κ3) is 5.62. The maximum atomic E-state index is 11.7. The molecule has 172 valence electrons. The molecule has 1 fully saturated rings. The molecule has 9 heteroatoms. The fourth-order valence-electron chi connectivity index (χ4n) is 3.69. The monoisotopic (exact) mass is 486 g/mol. The Balaban J connectivity index is 1.55. The standard InChI is InChI=1S/C24H24Cl2N4O3/c1-2-30-9-10-33-21(14-30)15-3-5-16(6-4-15)22-28-13-19(24(31)32)23(29-22)27-12-17-7-8-18(25)11-20(17)26/h3-8,11,13,21H,2,9-10,12,14H2,1H3,(H,31,32)(H,27,28,29). The number of hydrogen-bond donors (Lipinski definition) is 2. The minimum absolute atomic E-state index is 0.0179. The molecule has 1 aromatic heterocycles. The molecule has 1 saturated heterocycles. The smallest absolute Gasteiger partial charge is 0.341 e. The van der Waals surface area contributed by atoms with Gasteiger partial charge in [0.25, 0.3) is 0 Å². The average Bonchev–Trinajstić information content (AvgIpc) is 2.83. The lowest BCUT2D eigenvalue weighted by molar-refractivity contribution is -0.0281. The largest absolute Gasteiger partial charge is 0.477 e. The van der Waals surface area contributed by atoms with E-state index in [0.29, 0.717) is 29.0 Å². The van der Waals surface area contributed by atoms with E-state index in [0.717, 1.165) is 36.3 Å². The molecule has 0 amide bonds. The van der Waals surface area contributed by atoms with Gasteiger partial charge in [0.15, 0.2) is 5.82 Å². The number of carboxylic acid groups (broad SMARTS) is 1. The number of anilines is 1. The molecule has 1 atom stereocenters. The average molecular weight is 487 g/mol. The zero-order chi connectivity index (χ0) is 23.4. The van der Waals surface area contributed by atoms with Crippen molar-refractivity contribution in [2.45, 2.75) is 19.6 Å². The Morgan fingerprint density at radius 2 is 2.03 bits per heavy atom. The van der Waals surface area contributed by atoms with E-state index in [2.05, 4.69) is 27.1 Å². The van der Waals surface area contributed by atoms with E-state index in [1.807, 2.05) is 24.3 Å². The Hall–Kier alpha value is -2.71. The molecule has 0 bridgehead atoms. The van der Waals surface area contributed by atoms with E-state index < -0.39 is 5.97 Å². The highest BCUT2D eigenvalue weighted by Crippen LogP contribution is 2.27. The molecule has 33 heavy (non-hydrogen) atoms. The van der Waals surface area contributed by atoms with Crippen molar-refractivity contribution in [1.82, 2.24) is 14.9 Å². The first-order valence-electron chi connectivity index (χ1n) is 10.7. The lowest BCUT2D eigenvalue weighted by Crippen LogP contribution is -2.38. The van der Waals surface area contributed by atoms with Gasteiger partial charge in [-0.1, -0.05) is 60.5 Å². The number of likely N-dealkylation sites (N-methyl/N-ethyl adjacent to an activating group) is 1. The zero-order valence-electron chi connectivity index (χ0n) is 18.1. The van der Waals surface area contributed by atoms with Gasteiger partial charge in [0, 0.05) is 41.4 Å². The summed E-state index contributed by atoms with van der Waals surface area (Å²) < 4.78 is 5.93. The number of ether oxygens (including phenoxy) is 1. The lowest BCUT2D eigenvalue weighted by Gasteiger charge is -2.32. The Morgan fingerprint density at radius 1 is 1.24 bits per heavy atom. The minimum atomic E-state index is -1.11. The Labute approximate surface area is 202 Å². The first kappa shape index (κ1) is 23.4. The van der Waals surface area contributed by atoms with Crippen LogP contribution in [-0.2, 0) is 11.3 Å². The summed E-state index contributed by atoms with van der Waals surface area (Å²) >= 11 is 12.2. The van der Waals surface area contributed by atoms with Crippen molar-refractivity contribution >= 4 is 35.0 Å². The van der Waals surface area contributed by atoms with E-state index in [4.69, 9.17) is 27.9 Å². The molecular weight excluding hydrogens is 463 g/mol. The summed E-state index contributed by atoms with van der Waals surface area (Å²) in [5.74, 6) is -0.468. The summed E-state index contributed by atoms with van der Waals surface area (Å²) in [6.07, 6.45) is 1.35. The van der Waals surface area contributed by atoms with Crippen LogP contribution in [0.4, 0.5) is 5.82 Å². The quantitative estimate of drug-likeness (QED) is 0.476. The highest BCUT2D eigenvalue weighted by Gasteiger charge is 2.21. The Morgan fingerprint density at radius 3 is 2.73 bits per heavy atom. The van der Waals surface area contributed by atoms with Crippen LogP contribution < -0.4 is 5.32 Å². The second-order valence-electron chi connectivity index (χ2n) is 7.72. The third-order valence-corrected chi connectivity index (χ3v) is 6.21. The Kier molecular flexibility index (Phi) is 7.45. The number of carbonyl (C=O) groups is 1.